The van der Waals surface area contributed by atoms with Crippen molar-refractivity contribution < 1.29 is 4.42 Å². The van der Waals surface area contributed by atoms with E-state index in [0.717, 1.165) is 30.7 Å². The van der Waals surface area contributed by atoms with Gasteiger partial charge in [0.05, 0.1) is 6.54 Å². The molecule has 1 aliphatic carbocycles. The number of rotatable bonds is 6. The molecule has 21 heavy (non-hydrogen) atoms. The number of hydrogen-bond donors (Lipinski definition) is 1. The Bertz CT molecular complexity index is 454. The smallest absolute Gasteiger partial charge is 0.117 e. The van der Waals surface area contributed by atoms with Crippen LogP contribution in [0.1, 0.15) is 57.5 Å². The number of nitrogens with zero attached hydrogens (tertiary/aromatic N) is 1. The van der Waals surface area contributed by atoms with Gasteiger partial charge in [0, 0.05) is 18.5 Å². The lowest BCUT2D eigenvalue weighted by atomic mass is 9.97. The maximum Gasteiger partial charge on any atom is 0.117 e. The minimum atomic E-state index is 0.681. The van der Waals surface area contributed by atoms with E-state index >= 15 is 0 Å². The van der Waals surface area contributed by atoms with Crippen molar-refractivity contribution in [3.63, 3.8) is 0 Å². The Morgan fingerprint density at radius 2 is 2.19 bits per heavy atom. The van der Waals surface area contributed by atoms with Crippen molar-refractivity contribution in [1.29, 1.82) is 0 Å². The van der Waals surface area contributed by atoms with E-state index in [9.17, 15) is 0 Å². The summed E-state index contributed by atoms with van der Waals surface area (Å²) < 4.78 is 5.95. The van der Waals surface area contributed by atoms with Crippen molar-refractivity contribution in [2.45, 2.75) is 58.5 Å². The molecule has 0 radical (unpaired) electrons. The second-order valence-corrected chi connectivity index (χ2v) is 7.35. The number of hydrogen-bond acceptors (Lipinski definition) is 3. The van der Waals surface area contributed by atoms with Gasteiger partial charge >= 0.3 is 0 Å². The third-order valence-electron chi connectivity index (χ3n) is 5.17. The molecule has 3 nitrogen and oxygen atoms in total. The predicted octanol–water partition coefficient (Wildman–Crippen LogP) is 3.61. The van der Waals surface area contributed by atoms with Gasteiger partial charge in [0.25, 0.3) is 0 Å². The molecule has 3 heteroatoms. The molecule has 1 saturated carbocycles. The van der Waals surface area contributed by atoms with Crippen LogP contribution in [0, 0.1) is 11.8 Å². The Morgan fingerprint density at radius 3 is 2.90 bits per heavy atom. The Morgan fingerprint density at radius 1 is 1.38 bits per heavy atom. The molecule has 0 bridgehead atoms. The number of nitrogens with one attached hydrogen (secondary N) is 1. The highest BCUT2D eigenvalue weighted by atomic mass is 16.3. The zero-order valence-electron chi connectivity index (χ0n) is 13.8. The van der Waals surface area contributed by atoms with E-state index in [4.69, 9.17) is 4.42 Å². The normalized spacial score (nSPS) is 30.0. The van der Waals surface area contributed by atoms with Crippen LogP contribution in [0.25, 0.3) is 0 Å². The van der Waals surface area contributed by atoms with Gasteiger partial charge in [-0.1, -0.05) is 6.92 Å². The van der Waals surface area contributed by atoms with E-state index < -0.39 is 0 Å². The average molecular weight is 290 g/mol. The molecule has 2 heterocycles. The van der Waals surface area contributed by atoms with Crippen molar-refractivity contribution in [3.05, 3.63) is 23.7 Å². The first kappa shape index (κ1) is 15.1. The van der Waals surface area contributed by atoms with Crippen molar-refractivity contribution in [3.8, 4) is 0 Å². The third-order valence-corrected chi connectivity index (χ3v) is 5.17. The highest BCUT2D eigenvalue weighted by molar-refractivity contribution is 5.17. The zero-order valence-corrected chi connectivity index (χ0v) is 13.8. The van der Waals surface area contributed by atoms with E-state index in [2.05, 4.69) is 43.1 Å². The van der Waals surface area contributed by atoms with Gasteiger partial charge in [0.1, 0.15) is 11.5 Å². The van der Waals surface area contributed by atoms with Gasteiger partial charge in [-0.25, -0.2) is 0 Å². The van der Waals surface area contributed by atoms with E-state index in [-0.39, 0.29) is 0 Å². The molecule has 2 fully saturated rings. The van der Waals surface area contributed by atoms with Gasteiger partial charge in [-0.3, -0.25) is 0 Å². The first-order valence-corrected chi connectivity index (χ1v) is 8.67. The summed E-state index contributed by atoms with van der Waals surface area (Å²) in [5.41, 5.74) is 0. The molecule has 1 aromatic rings. The lowest BCUT2D eigenvalue weighted by Crippen LogP contribution is -2.42. The van der Waals surface area contributed by atoms with Crippen LogP contribution >= 0.6 is 0 Å². The van der Waals surface area contributed by atoms with E-state index in [1.165, 1.54) is 38.1 Å². The monoisotopic (exact) mass is 290 g/mol. The van der Waals surface area contributed by atoms with Gasteiger partial charge in [0.2, 0.25) is 0 Å². The molecule has 3 unspecified atom stereocenters. The first-order valence-electron chi connectivity index (χ1n) is 8.67. The summed E-state index contributed by atoms with van der Waals surface area (Å²) >= 11 is 0. The van der Waals surface area contributed by atoms with Crippen LogP contribution in [0.2, 0.25) is 0 Å². The highest BCUT2D eigenvalue weighted by Gasteiger charge is 2.36. The number of furan rings is 1. The largest absolute Gasteiger partial charge is 0.464 e. The van der Waals surface area contributed by atoms with Crippen molar-refractivity contribution in [2.75, 3.05) is 19.6 Å². The second kappa shape index (κ2) is 6.53. The zero-order chi connectivity index (χ0) is 14.8. The molecule has 1 aromatic heterocycles. The summed E-state index contributed by atoms with van der Waals surface area (Å²) in [5, 5.41) is 3.59. The molecule has 0 spiro atoms. The van der Waals surface area contributed by atoms with Gasteiger partial charge < -0.3 is 14.6 Å². The Labute approximate surface area is 129 Å². The quantitative estimate of drug-likeness (QED) is 0.867. The lowest BCUT2D eigenvalue weighted by molar-refractivity contribution is 0.138. The Kier molecular flexibility index (Phi) is 4.70. The molecule has 1 N–H and O–H groups in total. The topological polar surface area (TPSA) is 28.4 Å². The standard InChI is InChI=1S/C18H30N2O/c1-13(2)20-8-4-5-15(12-20)10-19-11-16-6-7-18(21-16)17-9-14(17)3/h6-7,13-15,17,19H,4-5,8-12H2,1-3H3. The average Bonchev–Trinajstić information content (AvgIpc) is 3.01. The van der Waals surface area contributed by atoms with Gasteiger partial charge in [0.15, 0.2) is 0 Å². The van der Waals surface area contributed by atoms with E-state index in [1.807, 2.05) is 0 Å². The van der Waals surface area contributed by atoms with Crippen molar-refractivity contribution in [2.24, 2.45) is 11.8 Å². The summed E-state index contributed by atoms with van der Waals surface area (Å²) in [6, 6.07) is 5.00. The molecule has 118 valence electrons. The fourth-order valence-electron chi connectivity index (χ4n) is 3.54. The Hall–Kier alpha value is -0.800. The maximum absolute atomic E-state index is 5.95. The van der Waals surface area contributed by atoms with Crippen LogP contribution in [-0.2, 0) is 6.54 Å². The van der Waals surface area contributed by atoms with E-state index in [1.54, 1.807) is 0 Å². The fraction of sp³-hybridized carbons (Fsp3) is 0.778. The minimum Gasteiger partial charge on any atom is -0.464 e. The first-order chi connectivity index (χ1) is 10.1. The van der Waals surface area contributed by atoms with Crippen molar-refractivity contribution in [1.82, 2.24) is 10.2 Å². The summed E-state index contributed by atoms with van der Waals surface area (Å²) in [6.07, 6.45) is 4.00. The van der Waals surface area contributed by atoms with Crippen molar-refractivity contribution >= 4 is 0 Å². The van der Waals surface area contributed by atoms with Crippen LogP contribution in [-0.4, -0.2) is 30.6 Å². The third kappa shape index (κ3) is 3.89. The predicted molar refractivity (Wildman–Crippen MR) is 86.4 cm³/mol. The highest BCUT2D eigenvalue weighted by Crippen LogP contribution is 2.47. The molecule has 0 aromatic carbocycles. The van der Waals surface area contributed by atoms with Gasteiger partial charge in [-0.2, -0.15) is 0 Å². The summed E-state index contributed by atoms with van der Waals surface area (Å²) in [6.45, 7) is 11.4. The molecule has 0 amide bonds. The maximum atomic E-state index is 5.95. The van der Waals surface area contributed by atoms with E-state index in [0.29, 0.717) is 12.0 Å². The van der Waals surface area contributed by atoms with Gasteiger partial charge in [-0.05, 0) is 70.2 Å². The molecule has 1 aliphatic heterocycles. The summed E-state index contributed by atoms with van der Waals surface area (Å²) in [4.78, 5) is 2.61. The fourth-order valence-corrected chi connectivity index (χ4v) is 3.54. The lowest BCUT2D eigenvalue weighted by Gasteiger charge is -2.35. The molecule has 1 saturated heterocycles. The molecular formula is C18H30N2O. The number of likely N-dealkylation sites (tertiary alicyclic amines) is 1. The number of piperidine rings is 1. The SMILES string of the molecule is CC1CC1c1ccc(CNCC2CCCN(C(C)C)C2)o1. The molecule has 3 atom stereocenters. The van der Waals surface area contributed by atoms with Crippen LogP contribution in [0.3, 0.4) is 0 Å². The summed E-state index contributed by atoms with van der Waals surface area (Å²) in [7, 11) is 0. The molecular weight excluding hydrogens is 260 g/mol. The minimum absolute atomic E-state index is 0.681. The second-order valence-electron chi connectivity index (χ2n) is 7.35. The van der Waals surface area contributed by atoms with Crippen LogP contribution in [0.5, 0.6) is 0 Å². The van der Waals surface area contributed by atoms with Crippen LogP contribution in [0.4, 0.5) is 0 Å². The van der Waals surface area contributed by atoms with Crippen LogP contribution < -0.4 is 5.32 Å². The van der Waals surface area contributed by atoms with Crippen LogP contribution in [0.15, 0.2) is 16.5 Å². The Balaban J connectivity index is 1.40. The molecule has 3 rings (SSSR count). The van der Waals surface area contributed by atoms with Gasteiger partial charge in [-0.15, -0.1) is 0 Å². The molecule has 2 aliphatic rings. The summed E-state index contributed by atoms with van der Waals surface area (Å²) in [5.74, 6) is 4.60.